The van der Waals surface area contributed by atoms with E-state index in [4.69, 9.17) is 20.4 Å². The van der Waals surface area contributed by atoms with E-state index in [2.05, 4.69) is 22.6 Å². The Hall–Kier alpha value is -2.74. The molecule has 2 saturated carbocycles. The second-order valence-corrected chi connectivity index (χ2v) is 13.9. The Morgan fingerprint density at radius 1 is 1.02 bits per heavy atom. The first-order chi connectivity index (χ1) is 19.5. The topological polar surface area (TPSA) is 202 Å². The zero-order valence-electron chi connectivity index (χ0n) is 24.3. The minimum absolute atomic E-state index is 0.202. The fraction of sp³-hybridized carbons (Fsp3) is 0.690. The molecule has 1 aromatic rings. The number of sulfonamides is 1. The molecule has 4 rings (SSSR count). The zero-order chi connectivity index (χ0) is 31.3. The van der Waals surface area contributed by atoms with Crippen LogP contribution in [0.5, 0.6) is 0 Å². The van der Waals surface area contributed by atoms with Crippen LogP contribution in [0.25, 0.3) is 0 Å². The number of hydrogen-bond acceptors (Lipinski definition) is 8. The molecule has 0 spiro atoms. The maximum atomic E-state index is 11.6. The largest absolute Gasteiger partial charge is 0.481 e. The van der Waals surface area contributed by atoms with Crippen LogP contribution in [0.3, 0.4) is 0 Å². The van der Waals surface area contributed by atoms with E-state index in [-0.39, 0.29) is 5.41 Å². The van der Waals surface area contributed by atoms with Crippen molar-refractivity contribution in [3.8, 4) is 0 Å². The van der Waals surface area contributed by atoms with Crippen LogP contribution < -0.4 is 4.72 Å². The van der Waals surface area contributed by atoms with Crippen molar-refractivity contribution in [1.82, 2.24) is 4.90 Å². The van der Waals surface area contributed by atoms with Gasteiger partial charge in [-0.2, -0.15) is 0 Å². The number of likely N-dealkylation sites (tertiary alicyclic amines) is 1. The number of hydrogen-bond donors (Lipinski definition) is 6. The Bertz CT molecular complexity index is 1220. The average Bonchev–Trinajstić information content (AvgIpc) is 3.25. The van der Waals surface area contributed by atoms with E-state index in [0.29, 0.717) is 17.5 Å². The van der Waals surface area contributed by atoms with Gasteiger partial charge >= 0.3 is 17.9 Å². The van der Waals surface area contributed by atoms with Crippen molar-refractivity contribution < 1.29 is 48.3 Å². The Morgan fingerprint density at radius 2 is 1.60 bits per heavy atom. The summed E-state index contributed by atoms with van der Waals surface area (Å²) in [7, 11) is -3.26. The van der Waals surface area contributed by atoms with Crippen LogP contribution in [0.15, 0.2) is 24.3 Å². The lowest BCUT2D eigenvalue weighted by atomic mass is 9.81. The minimum atomic E-state index is -3.26. The van der Waals surface area contributed by atoms with Crippen molar-refractivity contribution in [2.24, 2.45) is 11.8 Å². The van der Waals surface area contributed by atoms with Gasteiger partial charge in [-0.3, -0.25) is 14.3 Å². The predicted molar refractivity (Wildman–Crippen MR) is 155 cm³/mol. The summed E-state index contributed by atoms with van der Waals surface area (Å²) in [6, 6.07) is 8.00. The average molecular weight is 613 g/mol. The number of anilines is 1. The summed E-state index contributed by atoms with van der Waals surface area (Å²) >= 11 is 0. The molecular formula is C29H44N2O10S. The maximum absolute atomic E-state index is 11.6. The van der Waals surface area contributed by atoms with Gasteiger partial charge in [0.25, 0.3) is 0 Å². The van der Waals surface area contributed by atoms with E-state index in [9.17, 15) is 27.9 Å². The van der Waals surface area contributed by atoms with E-state index in [0.717, 1.165) is 51.7 Å². The van der Waals surface area contributed by atoms with Crippen LogP contribution in [0.4, 0.5) is 5.69 Å². The van der Waals surface area contributed by atoms with Crippen LogP contribution >= 0.6 is 0 Å². The van der Waals surface area contributed by atoms with Crippen molar-refractivity contribution >= 4 is 33.6 Å². The fourth-order valence-corrected chi connectivity index (χ4v) is 7.60. The highest BCUT2D eigenvalue weighted by Crippen LogP contribution is 2.65. The molecule has 2 atom stereocenters. The molecule has 0 radical (unpaired) electrons. The van der Waals surface area contributed by atoms with Gasteiger partial charge in [0, 0.05) is 24.2 Å². The summed E-state index contributed by atoms with van der Waals surface area (Å²) in [6.07, 6.45) is 7.62. The molecule has 0 bridgehead atoms. The third-order valence-corrected chi connectivity index (χ3v) is 9.69. The first-order valence-electron chi connectivity index (χ1n) is 14.5. The SMILES string of the molecule is CCC1(c2cccc(NS(C)(=O)=O)c2)C2CN(CCCC3(O)CCCCC3)CC21.O=C(O)CC(O)(CC(=O)O)C(=O)O. The van der Waals surface area contributed by atoms with Crippen LogP contribution in [-0.2, 0) is 29.8 Å². The van der Waals surface area contributed by atoms with E-state index in [1.165, 1.54) is 31.1 Å². The Labute approximate surface area is 246 Å². The van der Waals surface area contributed by atoms with E-state index in [1.807, 2.05) is 18.2 Å². The second-order valence-electron chi connectivity index (χ2n) is 12.2. The highest BCUT2D eigenvalue weighted by atomic mass is 32.2. The highest BCUT2D eigenvalue weighted by Gasteiger charge is 2.67. The number of nitrogens with zero attached hydrogens (tertiary/aromatic N) is 1. The molecule has 3 fully saturated rings. The van der Waals surface area contributed by atoms with Gasteiger partial charge in [0.2, 0.25) is 10.0 Å². The smallest absolute Gasteiger partial charge is 0.336 e. The van der Waals surface area contributed by atoms with Crippen molar-refractivity contribution in [3.63, 3.8) is 0 Å². The van der Waals surface area contributed by atoms with Crippen LogP contribution in [0.1, 0.15) is 76.7 Å². The van der Waals surface area contributed by atoms with Crippen molar-refractivity contribution in [3.05, 3.63) is 29.8 Å². The number of carbonyl (C=O) groups is 3. The zero-order valence-corrected chi connectivity index (χ0v) is 25.1. The molecule has 1 saturated heterocycles. The molecule has 3 aliphatic rings. The summed E-state index contributed by atoms with van der Waals surface area (Å²) < 4.78 is 25.8. The summed E-state index contributed by atoms with van der Waals surface area (Å²) in [4.78, 5) is 33.1. The molecule has 2 aliphatic carbocycles. The van der Waals surface area contributed by atoms with E-state index >= 15 is 0 Å². The number of nitrogens with one attached hydrogen (secondary N) is 1. The van der Waals surface area contributed by atoms with Gasteiger partial charge in [-0.25, -0.2) is 13.2 Å². The third-order valence-electron chi connectivity index (χ3n) is 9.08. The number of rotatable bonds is 13. The predicted octanol–water partition coefficient (Wildman–Crippen LogP) is 2.49. The molecule has 12 nitrogen and oxygen atoms in total. The molecule has 2 unspecified atom stereocenters. The molecular weight excluding hydrogens is 568 g/mol. The molecule has 6 N–H and O–H groups in total. The molecule has 13 heteroatoms. The molecule has 1 aromatic carbocycles. The third kappa shape index (κ3) is 8.42. The van der Waals surface area contributed by atoms with Crippen LogP contribution in [0.2, 0.25) is 0 Å². The number of piperidine rings is 1. The van der Waals surface area contributed by atoms with Gasteiger partial charge in [-0.1, -0.05) is 38.3 Å². The Balaban J connectivity index is 0.000000316. The molecule has 1 aliphatic heterocycles. The lowest BCUT2D eigenvalue weighted by Gasteiger charge is -2.33. The van der Waals surface area contributed by atoms with Gasteiger partial charge < -0.3 is 30.4 Å². The van der Waals surface area contributed by atoms with Crippen LogP contribution in [-0.4, -0.2) is 93.9 Å². The fourth-order valence-electron chi connectivity index (χ4n) is 7.05. The Morgan fingerprint density at radius 3 is 2.07 bits per heavy atom. The normalized spacial score (nSPS) is 25.0. The second kappa shape index (κ2) is 13.3. The number of benzene rings is 1. The maximum Gasteiger partial charge on any atom is 0.336 e. The molecule has 1 heterocycles. The standard InChI is InChI=1S/C23H36N2O3S.C6H8O7/c1-3-23(18-9-7-10-19(15-18)24-29(2,27)28)20-16-25(17-21(20)23)14-8-13-22(26)11-5-4-6-12-22;7-3(8)1-6(13,5(11)12)2-4(9)10/h7,9-10,15,20-21,24,26H,3-6,8,11-14,16-17H2,1-2H3;13H,1-2H2,(H,7,8)(H,9,10)(H,11,12). The van der Waals surface area contributed by atoms with Crippen molar-refractivity contribution in [1.29, 1.82) is 0 Å². The molecule has 0 amide bonds. The van der Waals surface area contributed by atoms with Crippen molar-refractivity contribution in [2.75, 3.05) is 30.6 Å². The number of aliphatic hydroxyl groups is 2. The van der Waals surface area contributed by atoms with Gasteiger partial charge in [0.15, 0.2) is 5.60 Å². The monoisotopic (exact) mass is 612 g/mol. The molecule has 0 aromatic heterocycles. The number of aliphatic carboxylic acids is 3. The van der Waals surface area contributed by atoms with Gasteiger partial charge in [-0.05, 0) is 68.2 Å². The molecule has 236 valence electrons. The summed E-state index contributed by atoms with van der Waals surface area (Å²) in [5, 5.41) is 44.5. The molecule has 42 heavy (non-hydrogen) atoms. The first-order valence-corrected chi connectivity index (χ1v) is 16.4. The van der Waals surface area contributed by atoms with Gasteiger partial charge in [0.1, 0.15) is 0 Å². The van der Waals surface area contributed by atoms with Crippen molar-refractivity contribution in [2.45, 2.75) is 87.7 Å². The van der Waals surface area contributed by atoms with E-state index in [1.54, 1.807) is 0 Å². The van der Waals surface area contributed by atoms with E-state index < -0.39 is 52.0 Å². The Kier molecular flexibility index (Phi) is 10.7. The minimum Gasteiger partial charge on any atom is -0.481 e. The van der Waals surface area contributed by atoms with Gasteiger partial charge in [-0.15, -0.1) is 0 Å². The lowest BCUT2D eigenvalue weighted by Crippen LogP contribution is -2.42. The quantitative estimate of drug-likeness (QED) is 0.191. The summed E-state index contributed by atoms with van der Waals surface area (Å²) in [6.45, 7) is 5.60. The number of fused-ring (bicyclic) bond motifs is 1. The number of carboxylic acid groups (broad SMARTS) is 3. The van der Waals surface area contributed by atoms with Crippen LogP contribution in [0, 0.1) is 11.8 Å². The summed E-state index contributed by atoms with van der Waals surface area (Å²) in [5.74, 6) is -3.69. The highest BCUT2D eigenvalue weighted by molar-refractivity contribution is 7.92. The van der Waals surface area contributed by atoms with Gasteiger partial charge in [0.05, 0.1) is 24.7 Å². The summed E-state index contributed by atoms with van der Waals surface area (Å²) in [5.41, 5.74) is -0.994. The lowest BCUT2D eigenvalue weighted by molar-refractivity contribution is -0.170. The number of carboxylic acids is 3. The first kappa shape index (κ1) is 33.8.